The van der Waals surface area contributed by atoms with Gasteiger partial charge >= 0.3 is 0 Å². The van der Waals surface area contributed by atoms with Crippen molar-refractivity contribution in [1.82, 2.24) is 5.32 Å². The van der Waals surface area contributed by atoms with Gasteiger partial charge in [-0.15, -0.1) is 0 Å². The van der Waals surface area contributed by atoms with Crippen LogP contribution in [0.25, 0.3) is 0 Å². The molecule has 2 rings (SSSR count). The van der Waals surface area contributed by atoms with Crippen molar-refractivity contribution < 1.29 is 17.9 Å². The summed E-state index contributed by atoms with van der Waals surface area (Å²) in [7, 11) is -3.25. The largest absolute Gasteiger partial charge is 0.481 e. The summed E-state index contributed by atoms with van der Waals surface area (Å²) < 4.78 is 29.0. The van der Waals surface area contributed by atoms with Crippen molar-refractivity contribution in [3.8, 4) is 5.75 Å². The highest BCUT2D eigenvalue weighted by molar-refractivity contribution is 7.90. The smallest absolute Gasteiger partial charge is 0.261 e. The first-order valence-electron chi connectivity index (χ1n) is 8.77. The van der Waals surface area contributed by atoms with E-state index < -0.39 is 15.9 Å². The number of nitrogens with one attached hydrogen (secondary N) is 1. The molecule has 0 saturated carbocycles. The van der Waals surface area contributed by atoms with Crippen molar-refractivity contribution in [3.05, 3.63) is 59.1 Å². The van der Waals surface area contributed by atoms with E-state index >= 15 is 0 Å². The van der Waals surface area contributed by atoms with Gasteiger partial charge in [-0.25, -0.2) is 8.42 Å². The van der Waals surface area contributed by atoms with Crippen molar-refractivity contribution in [3.63, 3.8) is 0 Å². The first-order valence-corrected chi connectivity index (χ1v) is 11.0. The Labute approximate surface area is 165 Å². The van der Waals surface area contributed by atoms with Crippen LogP contribution in [-0.2, 0) is 14.6 Å². The molecule has 1 amide bonds. The van der Waals surface area contributed by atoms with Crippen molar-refractivity contribution >= 4 is 27.3 Å². The molecule has 0 aliphatic rings. The highest BCUT2D eigenvalue weighted by Crippen LogP contribution is 2.21. The Kier molecular flexibility index (Phi) is 7.27. The predicted octanol–water partition coefficient (Wildman–Crippen LogP) is 4.17. The average Bonchev–Trinajstić information content (AvgIpc) is 2.64. The summed E-state index contributed by atoms with van der Waals surface area (Å²) in [4.78, 5) is 12.9. The predicted molar refractivity (Wildman–Crippen MR) is 107 cm³/mol. The van der Waals surface area contributed by atoms with E-state index in [1.807, 2.05) is 13.8 Å². The van der Waals surface area contributed by atoms with Crippen LogP contribution in [0.4, 0.5) is 0 Å². The Hall–Kier alpha value is -2.05. The zero-order chi connectivity index (χ0) is 20.0. The molecule has 0 bridgehead atoms. The number of amides is 1. The number of carbonyl (C=O) groups excluding carboxylic acids is 1. The van der Waals surface area contributed by atoms with Crippen LogP contribution in [0.3, 0.4) is 0 Å². The third-order valence-corrected chi connectivity index (χ3v) is 5.57. The molecule has 0 aromatic heterocycles. The SMILES string of the molecule is CCC(Oc1ccc(Cl)cc1)C(=O)NC(CC)c1ccc(S(C)(=O)=O)cc1. The van der Waals surface area contributed by atoms with Gasteiger partial charge in [0.2, 0.25) is 0 Å². The van der Waals surface area contributed by atoms with Gasteiger partial charge in [-0.3, -0.25) is 4.79 Å². The number of carbonyl (C=O) groups is 1. The standard InChI is InChI=1S/C20H24ClNO4S/c1-4-18(14-6-12-17(13-7-14)27(3,24)25)22-20(23)19(5-2)26-16-10-8-15(21)9-11-16/h6-13,18-19H,4-5H2,1-3H3,(H,22,23). The summed E-state index contributed by atoms with van der Waals surface area (Å²) >= 11 is 5.87. The molecule has 2 atom stereocenters. The van der Waals surface area contributed by atoms with E-state index in [1.165, 1.54) is 6.26 Å². The lowest BCUT2D eigenvalue weighted by molar-refractivity contribution is -0.128. The zero-order valence-corrected chi connectivity index (χ0v) is 17.2. The molecule has 0 spiro atoms. The maximum atomic E-state index is 12.7. The Morgan fingerprint density at radius 3 is 2.11 bits per heavy atom. The molecule has 0 aliphatic heterocycles. The van der Waals surface area contributed by atoms with Crippen LogP contribution in [0, 0.1) is 0 Å². The maximum absolute atomic E-state index is 12.7. The van der Waals surface area contributed by atoms with Gasteiger partial charge in [0.05, 0.1) is 10.9 Å². The summed E-state index contributed by atoms with van der Waals surface area (Å²) in [5.74, 6) is 0.360. The van der Waals surface area contributed by atoms with Crippen molar-refractivity contribution in [2.45, 2.75) is 43.7 Å². The number of halogens is 1. The summed E-state index contributed by atoms with van der Waals surface area (Å²) in [6.07, 6.45) is 1.72. The number of hydrogen-bond acceptors (Lipinski definition) is 4. The molecule has 0 saturated heterocycles. The Morgan fingerprint density at radius 1 is 1.04 bits per heavy atom. The van der Waals surface area contributed by atoms with E-state index in [4.69, 9.17) is 16.3 Å². The summed E-state index contributed by atoms with van der Waals surface area (Å²) in [5, 5.41) is 3.58. The second kappa shape index (κ2) is 9.24. The molecular weight excluding hydrogens is 386 g/mol. The Balaban J connectivity index is 2.09. The normalized spacial score (nSPS) is 13.6. The van der Waals surface area contributed by atoms with Gasteiger partial charge in [0.25, 0.3) is 5.91 Å². The lowest BCUT2D eigenvalue weighted by Crippen LogP contribution is -2.39. The summed E-state index contributed by atoms with van der Waals surface area (Å²) in [5.41, 5.74) is 0.847. The molecule has 7 heteroatoms. The van der Waals surface area contributed by atoms with Gasteiger partial charge in [-0.2, -0.15) is 0 Å². The summed E-state index contributed by atoms with van der Waals surface area (Å²) in [6.45, 7) is 3.83. The van der Waals surface area contributed by atoms with E-state index in [1.54, 1.807) is 48.5 Å². The number of rotatable bonds is 8. The lowest BCUT2D eigenvalue weighted by atomic mass is 10.0. The van der Waals surface area contributed by atoms with E-state index in [0.717, 1.165) is 5.56 Å². The first kappa shape index (κ1) is 21.3. The fourth-order valence-electron chi connectivity index (χ4n) is 2.63. The van der Waals surface area contributed by atoms with Crippen molar-refractivity contribution in [2.24, 2.45) is 0 Å². The average molecular weight is 410 g/mol. The quantitative estimate of drug-likeness (QED) is 0.710. The third kappa shape index (κ3) is 5.97. The minimum absolute atomic E-state index is 0.216. The number of hydrogen-bond donors (Lipinski definition) is 1. The molecule has 0 heterocycles. The van der Waals surface area contributed by atoms with Gasteiger partial charge in [0, 0.05) is 11.3 Å². The maximum Gasteiger partial charge on any atom is 0.261 e. The van der Waals surface area contributed by atoms with Crippen LogP contribution in [0.15, 0.2) is 53.4 Å². The second-order valence-electron chi connectivity index (χ2n) is 6.28. The fourth-order valence-corrected chi connectivity index (χ4v) is 3.39. The monoisotopic (exact) mass is 409 g/mol. The molecule has 0 aliphatic carbocycles. The molecule has 27 heavy (non-hydrogen) atoms. The highest BCUT2D eigenvalue weighted by Gasteiger charge is 2.22. The van der Waals surface area contributed by atoms with E-state index in [0.29, 0.717) is 23.6 Å². The van der Waals surface area contributed by atoms with Gasteiger partial charge in [0.1, 0.15) is 5.75 Å². The molecule has 1 N–H and O–H groups in total. The Morgan fingerprint density at radius 2 is 1.63 bits per heavy atom. The second-order valence-corrected chi connectivity index (χ2v) is 8.73. The topological polar surface area (TPSA) is 72.5 Å². The van der Waals surface area contributed by atoms with Crippen LogP contribution >= 0.6 is 11.6 Å². The molecular formula is C20H24ClNO4S. The van der Waals surface area contributed by atoms with Crippen molar-refractivity contribution in [1.29, 1.82) is 0 Å². The van der Waals surface area contributed by atoms with E-state index in [2.05, 4.69) is 5.32 Å². The zero-order valence-electron chi connectivity index (χ0n) is 15.6. The molecule has 0 radical (unpaired) electrons. The molecule has 2 aromatic rings. The van der Waals surface area contributed by atoms with Crippen LogP contribution < -0.4 is 10.1 Å². The number of ether oxygens (including phenoxy) is 1. The molecule has 2 unspecified atom stereocenters. The van der Waals surface area contributed by atoms with Gasteiger partial charge < -0.3 is 10.1 Å². The third-order valence-electron chi connectivity index (χ3n) is 4.19. The van der Waals surface area contributed by atoms with Gasteiger partial charge in [-0.1, -0.05) is 37.6 Å². The molecule has 2 aromatic carbocycles. The van der Waals surface area contributed by atoms with Crippen LogP contribution in [-0.4, -0.2) is 26.7 Å². The first-order chi connectivity index (χ1) is 12.7. The fraction of sp³-hybridized carbons (Fsp3) is 0.350. The van der Waals surface area contributed by atoms with E-state index in [-0.39, 0.29) is 16.8 Å². The van der Waals surface area contributed by atoms with Gasteiger partial charge in [0.15, 0.2) is 15.9 Å². The van der Waals surface area contributed by atoms with Gasteiger partial charge in [-0.05, 0) is 54.8 Å². The van der Waals surface area contributed by atoms with Crippen LogP contribution in [0.2, 0.25) is 5.02 Å². The highest BCUT2D eigenvalue weighted by atomic mass is 35.5. The minimum Gasteiger partial charge on any atom is -0.481 e. The van der Waals surface area contributed by atoms with Crippen LogP contribution in [0.1, 0.15) is 38.3 Å². The molecule has 5 nitrogen and oxygen atoms in total. The number of sulfone groups is 1. The summed E-state index contributed by atoms with van der Waals surface area (Å²) in [6, 6.07) is 13.2. The molecule has 0 fully saturated rings. The van der Waals surface area contributed by atoms with Crippen molar-refractivity contribution in [2.75, 3.05) is 6.26 Å². The minimum atomic E-state index is -3.25. The number of benzene rings is 2. The van der Waals surface area contributed by atoms with Crippen LogP contribution in [0.5, 0.6) is 5.75 Å². The Bertz CT molecular complexity index is 864. The molecule has 146 valence electrons. The lowest BCUT2D eigenvalue weighted by Gasteiger charge is -2.22. The van der Waals surface area contributed by atoms with E-state index in [9.17, 15) is 13.2 Å².